The molecule has 0 spiro atoms. The second-order valence-electron chi connectivity index (χ2n) is 7.27. The lowest BCUT2D eigenvalue weighted by Gasteiger charge is -2.36. The van der Waals surface area contributed by atoms with Crippen LogP contribution < -0.4 is 0 Å². The number of nitrogens with zero attached hydrogens (tertiary/aromatic N) is 5. The van der Waals surface area contributed by atoms with Crippen molar-refractivity contribution >= 4 is 11.8 Å². The van der Waals surface area contributed by atoms with Gasteiger partial charge in [0.25, 0.3) is 5.91 Å². The van der Waals surface area contributed by atoms with Gasteiger partial charge in [0, 0.05) is 56.4 Å². The van der Waals surface area contributed by atoms with E-state index in [1.807, 2.05) is 28.0 Å². The van der Waals surface area contributed by atoms with Crippen LogP contribution >= 0.6 is 0 Å². The van der Waals surface area contributed by atoms with Crippen molar-refractivity contribution in [1.82, 2.24) is 24.8 Å². The predicted octanol–water partition coefficient (Wildman–Crippen LogP) is 1.57. The molecule has 2 amide bonds. The van der Waals surface area contributed by atoms with Crippen molar-refractivity contribution in [3.05, 3.63) is 54.4 Å². The number of hydrogen-bond acceptors (Lipinski definition) is 5. The molecule has 7 heteroatoms. The van der Waals surface area contributed by atoms with Crippen molar-refractivity contribution in [2.24, 2.45) is 5.92 Å². The molecule has 5 rings (SSSR count). The Bertz CT molecular complexity index is 799. The molecule has 7 nitrogen and oxygen atoms in total. The van der Waals surface area contributed by atoms with Crippen LogP contribution in [0, 0.1) is 5.92 Å². The Kier molecular flexibility index (Phi) is 5.09. The third-order valence-corrected chi connectivity index (χ3v) is 5.42. The highest BCUT2D eigenvalue weighted by Gasteiger charge is 2.38. The highest BCUT2D eigenvalue weighted by Crippen LogP contribution is 2.29. The van der Waals surface area contributed by atoms with Gasteiger partial charge in [-0.1, -0.05) is 6.07 Å². The zero-order valence-corrected chi connectivity index (χ0v) is 15.2. The minimum Gasteiger partial charge on any atom is -0.338 e. The molecule has 0 radical (unpaired) electrons. The molecule has 2 bridgehead atoms. The van der Waals surface area contributed by atoms with Gasteiger partial charge in [0.05, 0.1) is 6.20 Å². The summed E-state index contributed by atoms with van der Waals surface area (Å²) in [5.74, 6) is 0.384. The highest BCUT2D eigenvalue weighted by molar-refractivity contribution is 5.92. The predicted molar refractivity (Wildman–Crippen MR) is 98.7 cm³/mol. The summed E-state index contributed by atoms with van der Waals surface area (Å²) in [6.45, 7) is 1.98. The van der Waals surface area contributed by atoms with E-state index in [-0.39, 0.29) is 17.9 Å². The number of hydrogen-bond donors (Lipinski definition) is 0. The molecule has 3 saturated heterocycles. The van der Waals surface area contributed by atoms with Crippen molar-refractivity contribution in [2.75, 3.05) is 19.6 Å². The molecule has 27 heavy (non-hydrogen) atoms. The summed E-state index contributed by atoms with van der Waals surface area (Å²) < 4.78 is 0. The maximum atomic E-state index is 12.8. The van der Waals surface area contributed by atoms with E-state index >= 15 is 0 Å². The summed E-state index contributed by atoms with van der Waals surface area (Å²) in [5, 5.41) is 0. The summed E-state index contributed by atoms with van der Waals surface area (Å²) in [5.41, 5.74) is 1.30. The van der Waals surface area contributed by atoms with Gasteiger partial charge < -0.3 is 9.80 Å². The molecule has 0 N–H and O–H groups in total. The molecule has 0 aliphatic carbocycles. The van der Waals surface area contributed by atoms with E-state index in [4.69, 9.17) is 0 Å². The van der Waals surface area contributed by atoms with Gasteiger partial charge >= 0.3 is 0 Å². The number of piperidine rings is 1. The Hall–Kier alpha value is -2.83. The standard InChI is InChI=1S/C20H23N5O2/c26-19(7-5-16-3-1-2-8-22-16)25-13-15-4-6-17(25)14-24(12-15)20(27)18-11-21-9-10-23-18/h1-3,8-11,15,17H,4-7,12-14H2/t15-,17+/m1/s1. The average molecular weight is 365 g/mol. The molecule has 2 aromatic rings. The summed E-state index contributed by atoms with van der Waals surface area (Å²) in [6, 6.07) is 5.85. The highest BCUT2D eigenvalue weighted by atomic mass is 16.2. The lowest BCUT2D eigenvalue weighted by atomic mass is 9.94. The fraction of sp³-hybridized carbons (Fsp3) is 0.450. The average Bonchev–Trinajstić information content (AvgIpc) is 3.05. The van der Waals surface area contributed by atoms with E-state index in [9.17, 15) is 9.59 Å². The fourth-order valence-corrected chi connectivity index (χ4v) is 4.05. The quantitative estimate of drug-likeness (QED) is 0.822. The number of pyridine rings is 1. The second kappa shape index (κ2) is 7.82. The molecular formula is C20H23N5O2. The fourth-order valence-electron chi connectivity index (χ4n) is 4.05. The molecule has 5 heterocycles. The van der Waals surface area contributed by atoms with E-state index < -0.39 is 0 Å². The van der Waals surface area contributed by atoms with Gasteiger partial charge in [-0.15, -0.1) is 0 Å². The van der Waals surface area contributed by atoms with Gasteiger partial charge in [0.2, 0.25) is 5.91 Å². The van der Waals surface area contributed by atoms with Gasteiger partial charge in [0.15, 0.2) is 0 Å². The van der Waals surface area contributed by atoms with Crippen LogP contribution in [0.4, 0.5) is 0 Å². The zero-order valence-electron chi connectivity index (χ0n) is 15.2. The number of fused-ring (bicyclic) bond motifs is 4. The summed E-state index contributed by atoms with van der Waals surface area (Å²) in [4.78, 5) is 41.9. The molecule has 3 aliphatic rings. The molecule has 2 aromatic heterocycles. The van der Waals surface area contributed by atoms with Gasteiger partial charge in [-0.3, -0.25) is 19.6 Å². The number of carbonyl (C=O) groups is 2. The van der Waals surface area contributed by atoms with E-state index in [1.54, 1.807) is 12.4 Å². The zero-order chi connectivity index (χ0) is 18.6. The van der Waals surface area contributed by atoms with Gasteiger partial charge in [0.1, 0.15) is 5.69 Å². The molecule has 140 valence electrons. The first-order valence-electron chi connectivity index (χ1n) is 9.45. The monoisotopic (exact) mass is 365 g/mol. The normalized spacial score (nSPS) is 21.8. The van der Waals surface area contributed by atoms with E-state index in [2.05, 4.69) is 15.0 Å². The van der Waals surface area contributed by atoms with Crippen LogP contribution in [0.15, 0.2) is 43.0 Å². The second-order valence-corrected chi connectivity index (χ2v) is 7.27. The lowest BCUT2D eigenvalue weighted by Crippen LogP contribution is -2.47. The van der Waals surface area contributed by atoms with Crippen LogP contribution in [0.5, 0.6) is 0 Å². The minimum atomic E-state index is -0.0946. The maximum absolute atomic E-state index is 12.8. The van der Waals surface area contributed by atoms with Crippen molar-refractivity contribution < 1.29 is 9.59 Å². The van der Waals surface area contributed by atoms with Crippen molar-refractivity contribution in [3.8, 4) is 0 Å². The van der Waals surface area contributed by atoms with Gasteiger partial charge in [-0.25, -0.2) is 4.98 Å². The van der Waals surface area contributed by atoms with Crippen LogP contribution in [-0.4, -0.2) is 62.2 Å². The first kappa shape index (κ1) is 17.6. The Morgan fingerprint density at radius 1 is 1.04 bits per heavy atom. The first-order valence-corrected chi connectivity index (χ1v) is 9.45. The first-order chi connectivity index (χ1) is 13.2. The Morgan fingerprint density at radius 2 is 1.96 bits per heavy atom. The molecule has 3 aliphatic heterocycles. The van der Waals surface area contributed by atoms with Crippen LogP contribution in [0.25, 0.3) is 0 Å². The van der Waals surface area contributed by atoms with Crippen LogP contribution in [0.3, 0.4) is 0 Å². The van der Waals surface area contributed by atoms with E-state index in [1.165, 1.54) is 12.4 Å². The Labute approximate surface area is 158 Å². The van der Waals surface area contributed by atoms with Gasteiger partial charge in [-0.2, -0.15) is 0 Å². The molecular weight excluding hydrogens is 342 g/mol. The molecule has 3 fully saturated rings. The van der Waals surface area contributed by atoms with Crippen molar-refractivity contribution in [2.45, 2.75) is 31.7 Å². The summed E-state index contributed by atoms with van der Waals surface area (Å²) in [6.07, 6.45) is 9.46. The topological polar surface area (TPSA) is 79.3 Å². The maximum Gasteiger partial charge on any atom is 0.274 e. The molecule has 0 unspecified atom stereocenters. The van der Waals surface area contributed by atoms with Crippen LogP contribution in [-0.2, 0) is 11.2 Å². The number of aryl methyl sites for hydroxylation is 1. The molecule has 0 aromatic carbocycles. The number of rotatable bonds is 4. The van der Waals surface area contributed by atoms with E-state index in [0.717, 1.165) is 25.1 Å². The van der Waals surface area contributed by atoms with Gasteiger partial charge in [-0.05, 0) is 37.3 Å². The smallest absolute Gasteiger partial charge is 0.274 e. The number of amides is 2. The third-order valence-electron chi connectivity index (χ3n) is 5.42. The number of aromatic nitrogens is 3. The molecule has 0 saturated carbocycles. The third kappa shape index (κ3) is 3.97. The minimum absolute atomic E-state index is 0.0839. The SMILES string of the molecule is O=C(c1cnccn1)N1C[C@H]2CC[C@@H](C1)N(C(=O)CCc1ccccn1)C2. The summed E-state index contributed by atoms with van der Waals surface area (Å²) in [7, 11) is 0. The van der Waals surface area contributed by atoms with E-state index in [0.29, 0.717) is 37.5 Å². The summed E-state index contributed by atoms with van der Waals surface area (Å²) >= 11 is 0. The lowest BCUT2D eigenvalue weighted by molar-refractivity contribution is -0.135. The largest absolute Gasteiger partial charge is 0.338 e. The molecule has 2 atom stereocenters. The Morgan fingerprint density at radius 3 is 2.74 bits per heavy atom. The number of carbonyl (C=O) groups excluding carboxylic acids is 2. The van der Waals surface area contributed by atoms with Crippen LogP contribution in [0.2, 0.25) is 0 Å². The Balaban J connectivity index is 1.42. The van der Waals surface area contributed by atoms with Crippen LogP contribution in [0.1, 0.15) is 35.4 Å². The van der Waals surface area contributed by atoms with Crippen molar-refractivity contribution in [1.29, 1.82) is 0 Å². The van der Waals surface area contributed by atoms with Crippen molar-refractivity contribution in [3.63, 3.8) is 0 Å².